The molecule has 0 saturated heterocycles. The van der Waals surface area contributed by atoms with E-state index in [2.05, 4.69) is 29.5 Å². The Kier molecular flexibility index (Phi) is 4.98. The van der Waals surface area contributed by atoms with Crippen molar-refractivity contribution in [2.75, 3.05) is 23.7 Å². The number of aromatic nitrogens is 1. The van der Waals surface area contributed by atoms with E-state index in [0.717, 1.165) is 25.9 Å². The fourth-order valence-electron chi connectivity index (χ4n) is 2.57. The molecule has 1 aromatic heterocycles. The molecule has 0 bridgehead atoms. The van der Waals surface area contributed by atoms with Crippen molar-refractivity contribution in [1.82, 2.24) is 4.98 Å². The van der Waals surface area contributed by atoms with E-state index in [0.29, 0.717) is 17.1 Å². The quantitative estimate of drug-likeness (QED) is 0.534. The molecule has 6 nitrogen and oxygen atoms in total. The van der Waals surface area contributed by atoms with Gasteiger partial charge in [0.15, 0.2) is 0 Å². The van der Waals surface area contributed by atoms with Gasteiger partial charge in [-0.05, 0) is 37.2 Å². The standard InChI is InChI=1S/C15H24N4O2/c1-3-7-15(8-9-15)11-17-14-12(19(20)21)5-6-13(18-14)16-10-4-2/h5-6H,3-4,7-11H2,1-2H3,(H2,16,17,18). The van der Waals surface area contributed by atoms with Gasteiger partial charge in [-0.2, -0.15) is 0 Å². The van der Waals surface area contributed by atoms with Gasteiger partial charge >= 0.3 is 5.69 Å². The molecule has 0 aliphatic heterocycles. The first-order chi connectivity index (χ1) is 10.1. The van der Waals surface area contributed by atoms with Crippen molar-refractivity contribution in [2.24, 2.45) is 5.41 Å². The van der Waals surface area contributed by atoms with Gasteiger partial charge in [-0.15, -0.1) is 0 Å². The van der Waals surface area contributed by atoms with Crippen LogP contribution < -0.4 is 10.6 Å². The van der Waals surface area contributed by atoms with E-state index in [-0.39, 0.29) is 10.6 Å². The number of pyridine rings is 1. The van der Waals surface area contributed by atoms with E-state index < -0.39 is 0 Å². The summed E-state index contributed by atoms with van der Waals surface area (Å²) in [6.45, 7) is 5.82. The van der Waals surface area contributed by atoms with E-state index >= 15 is 0 Å². The van der Waals surface area contributed by atoms with E-state index in [9.17, 15) is 10.1 Å². The van der Waals surface area contributed by atoms with Crippen LogP contribution in [0.25, 0.3) is 0 Å². The molecule has 2 rings (SSSR count). The minimum Gasteiger partial charge on any atom is -0.370 e. The minimum atomic E-state index is -0.377. The van der Waals surface area contributed by atoms with E-state index in [4.69, 9.17) is 0 Å². The Hall–Kier alpha value is -1.85. The van der Waals surface area contributed by atoms with Gasteiger partial charge in [-0.3, -0.25) is 10.1 Å². The summed E-state index contributed by atoms with van der Waals surface area (Å²) >= 11 is 0. The first kappa shape index (κ1) is 15.5. The Morgan fingerprint density at radius 3 is 2.62 bits per heavy atom. The molecule has 0 amide bonds. The Morgan fingerprint density at radius 1 is 1.29 bits per heavy atom. The molecule has 2 N–H and O–H groups in total. The van der Waals surface area contributed by atoms with Crippen LogP contribution in [0.1, 0.15) is 46.0 Å². The lowest BCUT2D eigenvalue weighted by Crippen LogP contribution is -2.17. The maximum Gasteiger partial charge on any atom is 0.311 e. The molecule has 1 aliphatic rings. The second kappa shape index (κ2) is 6.74. The van der Waals surface area contributed by atoms with Crippen molar-refractivity contribution >= 4 is 17.3 Å². The average molecular weight is 292 g/mol. The molecule has 0 radical (unpaired) electrons. The first-order valence-corrected chi connectivity index (χ1v) is 7.73. The van der Waals surface area contributed by atoms with Gasteiger partial charge in [0.2, 0.25) is 5.82 Å². The number of anilines is 2. The van der Waals surface area contributed by atoms with Crippen LogP contribution in [-0.2, 0) is 0 Å². The van der Waals surface area contributed by atoms with Crippen LogP contribution in [0, 0.1) is 15.5 Å². The van der Waals surface area contributed by atoms with Gasteiger partial charge in [0.05, 0.1) is 4.92 Å². The molecular weight excluding hydrogens is 268 g/mol. The number of nitrogens with one attached hydrogen (secondary N) is 2. The van der Waals surface area contributed by atoms with Crippen molar-refractivity contribution in [3.8, 4) is 0 Å². The summed E-state index contributed by atoms with van der Waals surface area (Å²) in [7, 11) is 0. The highest BCUT2D eigenvalue weighted by Crippen LogP contribution is 2.49. The Labute approximate surface area is 125 Å². The predicted molar refractivity (Wildman–Crippen MR) is 84.7 cm³/mol. The SMILES string of the molecule is CCCNc1ccc([N+](=O)[O-])c(NCC2(CCC)CC2)n1. The van der Waals surface area contributed by atoms with Crippen molar-refractivity contribution in [3.63, 3.8) is 0 Å². The minimum absolute atomic E-state index is 0.0457. The number of nitro groups is 1. The monoisotopic (exact) mass is 292 g/mol. The van der Waals surface area contributed by atoms with Crippen molar-refractivity contribution in [2.45, 2.75) is 46.0 Å². The average Bonchev–Trinajstić information content (AvgIpc) is 3.23. The third kappa shape index (κ3) is 4.06. The normalized spacial score (nSPS) is 15.5. The second-order valence-electron chi connectivity index (χ2n) is 5.85. The smallest absolute Gasteiger partial charge is 0.311 e. The first-order valence-electron chi connectivity index (χ1n) is 7.73. The summed E-state index contributed by atoms with van der Waals surface area (Å²) in [6.07, 6.45) is 5.71. The summed E-state index contributed by atoms with van der Waals surface area (Å²) in [5.74, 6) is 1.06. The molecule has 21 heavy (non-hydrogen) atoms. The highest BCUT2D eigenvalue weighted by molar-refractivity contribution is 5.60. The third-order valence-corrected chi connectivity index (χ3v) is 4.00. The number of hydrogen-bond acceptors (Lipinski definition) is 5. The van der Waals surface area contributed by atoms with Crippen molar-refractivity contribution < 1.29 is 4.92 Å². The second-order valence-corrected chi connectivity index (χ2v) is 5.85. The van der Waals surface area contributed by atoms with E-state index in [1.807, 2.05) is 0 Å². The predicted octanol–water partition coefficient (Wildman–Crippen LogP) is 3.80. The molecule has 0 spiro atoms. The fourth-order valence-corrected chi connectivity index (χ4v) is 2.57. The highest BCUT2D eigenvalue weighted by atomic mass is 16.6. The van der Waals surface area contributed by atoms with Crippen LogP contribution in [0.15, 0.2) is 12.1 Å². The van der Waals surface area contributed by atoms with E-state index in [1.54, 1.807) is 6.07 Å². The molecule has 1 saturated carbocycles. The van der Waals surface area contributed by atoms with Gasteiger partial charge < -0.3 is 10.6 Å². The lowest BCUT2D eigenvalue weighted by atomic mass is 10.0. The lowest BCUT2D eigenvalue weighted by Gasteiger charge is -2.16. The zero-order valence-electron chi connectivity index (χ0n) is 12.8. The summed E-state index contributed by atoms with van der Waals surface area (Å²) in [6, 6.07) is 3.19. The maximum absolute atomic E-state index is 11.1. The van der Waals surface area contributed by atoms with Gasteiger partial charge in [0, 0.05) is 19.2 Å². The topological polar surface area (TPSA) is 80.1 Å². The third-order valence-electron chi connectivity index (χ3n) is 4.00. The molecule has 0 unspecified atom stereocenters. The van der Waals surface area contributed by atoms with Crippen LogP contribution in [0.5, 0.6) is 0 Å². The molecule has 6 heteroatoms. The molecule has 1 aromatic rings. The Balaban J connectivity index is 2.09. The number of hydrogen-bond donors (Lipinski definition) is 2. The fraction of sp³-hybridized carbons (Fsp3) is 0.667. The molecular formula is C15H24N4O2. The summed E-state index contributed by atoms with van der Waals surface area (Å²) < 4.78 is 0. The molecule has 1 fully saturated rings. The van der Waals surface area contributed by atoms with Crippen LogP contribution >= 0.6 is 0 Å². The molecule has 0 aromatic carbocycles. The van der Waals surface area contributed by atoms with Crippen LogP contribution in [0.4, 0.5) is 17.3 Å². The van der Waals surface area contributed by atoms with Crippen LogP contribution in [0.2, 0.25) is 0 Å². The van der Waals surface area contributed by atoms with E-state index in [1.165, 1.54) is 25.3 Å². The zero-order chi connectivity index (χ0) is 15.3. The number of rotatable bonds is 9. The summed E-state index contributed by atoms with van der Waals surface area (Å²) in [5, 5.41) is 17.5. The largest absolute Gasteiger partial charge is 0.370 e. The van der Waals surface area contributed by atoms with Gasteiger partial charge in [-0.1, -0.05) is 20.3 Å². The van der Waals surface area contributed by atoms with Crippen molar-refractivity contribution in [1.29, 1.82) is 0 Å². The Bertz CT molecular complexity index is 500. The molecule has 1 heterocycles. The molecule has 116 valence electrons. The molecule has 1 aliphatic carbocycles. The van der Waals surface area contributed by atoms with Crippen molar-refractivity contribution in [3.05, 3.63) is 22.2 Å². The lowest BCUT2D eigenvalue weighted by molar-refractivity contribution is -0.384. The zero-order valence-corrected chi connectivity index (χ0v) is 12.8. The highest BCUT2D eigenvalue weighted by Gasteiger charge is 2.41. The van der Waals surface area contributed by atoms with Crippen LogP contribution in [0.3, 0.4) is 0 Å². The number of nitrogens with zero attached hydrogens (tertiary/aromatic N) is 2. The maximum atomic E-state index is 11.1. The van der Waals surface area contributed by atoms with Crippen LogP contribution in [-0.4, -0.2) is 23.0 Å². The summed E-state index contributed by atoms with van der Waals surface area (Å²) in [5.41, 5.74) is 0.376. The van der Waals surface area contributed by atoms with Gasteiger partial charge in [0.25, 0.3) is 0 Å². The molecule has 0 atom stereocenters. The summed E-state index contributed by atoms with van der Waals surface area (Å²) in [4.78, 5) is 15.1. The van der Waals surface area contributed by atoms with Gasteiger partial charge in [-0.25, -0.2) is 4.98 Å². The Morgan fingerprint density at radius 2 is 2.05 bits per heavy atom. The van der Waals surface area contributed by atoms with Gasteiger partial charge in [0.1, 0.15) is 5.82 Å².